The third-order valence-corrected chi connectivity index (χ3v) is 2.45. The number of hydrogen-bond acceptors (Lipinski definition) is 5. The van der Waals surface area contributed by atoms with Gasteiger partial charge in [-0.05, 0) is 13.0 Å². The van der Waals surface area contributed by atoms with E-state index in [9.17, 15) is 4.79 Å². The van der Waals surface area contributed by atoms with E-state index < -0.39 is 0 Å². The molecule has 0 saturated carbocycles. The summed E-state index contributed by atoms with van der Waals surface area (Å²) in [6.45, 7) is 2.22. The second-order valence-corrected chi connectivity index (χ2v) is 3.80. The summed E-state index contributed by atoms with van der Waals surface area (Å²) in [5.41, 5.74) is 5.13. The monoisotopic (exact) mass is 246 g/mol. The highest BCUT2D eigenvalue weighted by Crippen LogP contribution is 2.14. The molecule has 0 unspecified atom stereocenters. The molecule has 1 amide bonds. The molecule has 0 radical (unpaired) electrons. The summed E-state index contributed by atoms with van der Waals surface area (Å²) >= 11 is 0. The Morgan fingerprint density at radius 1 is 1.50 bits per heavy atom. The number of anilines is 1. The van der Waals surface area contributed by atoms with Crippen LogP contribution in [0.3, 0.4) is 0 Å². The van der Waals surface area contributed by atoms with Crippen molar-refractivity contribution in [1.82, 2.24) is 20.5 Å². The Labute approximate surface area is 104 Å². The Kier molecular flexibility index (Phi) is 3.54. The van der Waals surface area contributed by atoms with Gasteiger partial charge >= 0.3 is 0 Å². The maximum atomic E-state index is 12.0. The predicted molar refractivity (Wildman–Crippen MR) is 66.5 cm³/mol. The van der Waals surface area contributed by atoms with Crippen LogP contribution in [0.2, 0.25) is 0 Å². The largest absolute Gasteiger partial charge is 0.348 e. The number of aryl methyl sites for hydroxylation is 1. The van der Waals surface area contributed by atoms with Gasteiger partial charge in [0.25, 0.3) is 5.91 Å². The van der Waals surface area contributed by atoms with Gasteiger partial charge in [0.1, 0.15) is 0 Å². The molecular weight excluding hydrogens is 232 g/mol. The van der Waals surface area contributed by atoms with Crippen molar-refractivity contribution in [1.29, 1.82) is 0 Å². The third-order valence-electron chi connectivity index (χ3n) is 2.45. The lowest BCUT2D eigenvalue weighted by molar-refractivity contribution is 0.0951. The van der Waals surface area contributed by atoms with Gasteiger partial charge in [0.05, 0.1) is 17.4 Å². The molecule has 18 heavy (non-hydrogen) atoms. The zero-order valence-electron chi connectivity index (χ0n) is 9.90. The number of H-pyrrole nitrogens is 1. The normalized spacial score (nSPS) is 10.1. The van der Waals surface area contributed by atoms with Gasteiger partial charge in [0.2, 0.25) is 0 Å². The summed E-state index contributed by atoms with van der Waals surface area (Å²) in [6, 6.07) is 1.72. The number of hydrogen-bond donors (Lipinski definition) is 4. The Hall–Kier alpha value is -2.41. The van der Waals surface area contributed by atoms with Crippen LogP contribution in [-0.4, -0.2) is 21.1 Å². The number of aromatic amines is 1. The molecule has 0 aromatic carbocycles. The summed E-state index contributed by atoms with van der Waals surface area (Å²) in [5, 5.41) is 9.24. The maximum absolute atomic E-state index is 12.0. The van der Waals surface area contributed by atoms with E-state index in [1.165, 1.54) is 6.20 Å². The van der Waals surface area contributed by atoms with E-state index in [0.29, 0.717) is 17.8 Å². The predicted octanol–water partition coefficient (Wildman–Crippen LogP) is 0.329. The fourth-order valence-electron chi connectivity index (χ4n) is 1.51. The maximum Gasteiger partial charge on any atom is 0.255 e. The molecule has 0 aliphatic heterocycles. The molecule has 7 nitrogen and oxygen atoms in total. The molecule has 2 aromatic rings. The lowest BCUT2D eigenvalue weighted by atomic mass is 10.2. The van der Waals surface area contributed by atoms with Gasteiger partial charge in [0, 0.05) is 30.2 Å². The molecule has 0 aliphatic carbocycles. The van der Waals surface area contributed by atoms with Crippen molar-refractivity contribution in [2.75, 3.05) is 5.43 Å². The Morgan fingerprint density at radius 3 is 3.00 bits per heavy atom. The number of nitrogen functional groups attached to an aromatic ring is 1. The van der Waals surface area contributed by atoms with E-state index >= 15 is 0 Å². The first-order valence-corrected chi connectivity index (χ1v) is 5.40. The van der Waals surface area contributed by atoms with Crippen molar-refractivity contribution in [2.45, 2.75) is 13.5 Å². The van der Waals surface area contributed by atoms with Crippen molar-refractivity contribution < 1.29 is 4.79 Å². The second kappa shape index (κ2) is 5.28. The molecular formula is C11H14N6O. The van der Waals surface area contributed by atoms with Crippen molar-refractivity contribution in [3.8, 4) is 0 Å². The van der Waals surface area contributed by atoms with Crippen LogP contribution in [0.1, 0.15) is 21.6 Å². The van der Waals surface area contributed by atoms with Gasteiger partial charge in [-0.2, -0.15) is 5.10 Å². The highest BCUT2D eigenvalue weighted by molar-refractivity contribution is 5.99. The number of aromatic nitrogens is 3. The summed E-state index contributed by atoms with van der Waals surface area (Å²) in [6.07, 6.45) is 4.86. The third kappa shape index (κ3) is 2.64. The number of nitrogens with one attached hydrogen (secondary N) is 3. The van der Waals surface area contributed by atoms with Crippen molar-refractivity contribution in [3.05, 3.63) is 41.5 Å². The number of nitrogens with zero attached hydrogens (tertiary/aromatic N) is 2. The Bertz CT molecular complexity index is 536. The van der Waals surface area contributed by atoms with Gasteiger partial charge < -0.3 is 10.7 Å². The standard InChI is InChI=1S/C11H14N6O/c1-7-2-10(17-12)9(6-13-7)11(18)14-3-8-4-15-16-5-8/h2,4-6H,3,12H2,1H3,(H,13,17)(H,14,18)(H,15,16). The lowest BCUT2D eigenvalue weighted by Crippen LogP contribution is -2.25. The minimum absolute atomic E-state index is 0.239. The fraction of sp³-hybridized carbons (Fsp3) is 0.182. The molecule has 7 heteroatoms. The first-order chi connectivity index (χ1) is 8.70. The molecule has 2 aromatic heterocycles. The van der Waals surface area contributed by atoms with E-state index in [1.54, 1.807) is 18.5 Å². The van der Waals surface area contributed by atoms with Crippen LogP contribution in [0, 0.1) is 6.92 Å². The van der Waals surface area contributed by atoms with Crippen molar-refractivity contribution >= 4 is 11.6 Å². The summed E-state index contributed by atoms with van der Waals surface area (Å²) in [4.78, 5) is 16.0. The van der Waals surface area contributed by atoms with E-state index in [4.69, 9.17) is 5.84 Å². The van der Waals surface area contributed by atoms with Crippen LogP contribution >= 0.6 is 0 Å². The molecule has 0 aliphatic rings. The topological polar surface area (TPSA) is 109 Å². The van der Waals surface area contributed by atoms with Crippen LogP contribution in [0.25, 0.3) is 0 Å². The zero-order valence-corrected chi connectivity index (χ0v) is 9.90. The van der Waals surface area contributed by atoms with Crippen LogP contribution in [0.4, 0.5) is 5.69 Å². The number of carbonyl (C=O) groups excluding carboxylic acids is 1. The van der Waals surface area contributed by atoms with Crippen molar-refractivity contribution in [3.63, 3.8) is 0 Å². The van der Waals surface area contributed by atoms with E-state index in [2.05, 4.69) is 25.9 Å². The summed E-state index contributed by atoms with van der Waals surface area (Å²) < 4.78 is 0. The number of hydrazine groups is 1. The van der Waals surface area contributed by atoms with Crippen LogP contribution in [0.15, 0.2) is 24.7 Å². The molecule has 0 bridgehead atoms. The molecule has 2 heterocycles. The summed E-state index contributed by atoms with van der Waals surface area (Å²) in [7, 11) is 0. The summed E-state index contributed by atoms with van der Waals surface area (Å²) in [5.74, 6) is 5.14. The first-order valence-electron chi connectivity index (χ1n) is 5.40. The van der Waals surface area contributed by atoms with Crippen LogP contribution < -0.4 is 16.6 Å². The quantitative estimate of drug-likeness (QED) is 0.459. The molecule has 2 rings (SSSR count). The molecule has 0 atom stereocenters. The van der Waals surface area contributed by atoms with Gasteiger partial charge in [-0.3, -0.25) is 20.7 Å². The fourth-order valence-corrected chi connectivity index (χ4v) is 1.51. The molecule has 0 spiro atoms. The van der Waals surface area contributed by atoms with Crippen LogP contribution in [0.5, 0.6) is 0 Å². The molecule has 5 N–H and O–H groups in total. The molecule has 0 fully saturated rings. The Morgan fingerprint density at radius 2 is 2.33 bits per heavy atom. The highest BCUT2D eigenvalue weighted by atomic mass is 16.1. The molecule has 0 saturated heterocycles. The van der Waals surface area contributed by atoms with Gasteiger partial charge in [-0.25, -0.2) is 0 Å². The average Bonchev–Trinajstić information content (AvgIpc) is 2.88. The SMILES string of the molecule is Cc1cc(NN)c(C(=O)NCc2cn[nH]c2)cn1. The van der Waals surface area contributed by atoms with E-state index in [0.717, 1.165) is 11.3 Å². The minimum Gasteiger partial charge on any atom is -0.348 e. The number of pyridine rings is 1. The second-order valence-electron chi connectivity index (χ2n) is 3.80. The highest BCUT2D eigenvalue weighted by Gasteiger charge is 2.11. The van der Waals surface area contributed by atoms with Crippen molar-refractivity contribution in [2.24, 2.45) is 5.84 Å². The number of carbonyl (C=O) groups is 1. The first kappa shape index (κ1) is 12.1. The van der Waals surface area contributed by atoms with Gasteiger partial charge in [0.15, 0.2) is 0 Å². The van der Waals surface area contributed by atoms with Gasteiger partial charge in [-0.15, -0.1) is 0 Å². The number of amides is 1. The number of rotatable bonds is 4. The minimum atomic E-state index is -0.239. The lowest BCUT2D eigenvalue weighted by Gasteiger charge is -2.09. The zero-order chi connectivity index (χ0) is 13.0. The number of nitrogens with two attached hydrogens (primary N) is 1. The molecule has 94 valence electrons. The smallest absolute Gasteiger partial charge is 0.255 e. The average molecular weight is 246 g/mol. The van der Waals surface area contributed by atoms with Gasteiger partial charge in [-0.1, -0.05) is 0 Å². The van der Waals surface area contributed by atoms with Crippen LogP contribution in [-0.2, 0) is 6.54 Å². The van der Waals surface area contributed by atoms with E-state index in [1.807, 2.05) is 6.92 Å². The Balaban J connectivity index is 2.09. The van der Waals surface area contributed by atoms with E-state index in [-0.39, 0.29) is 5.91 Å².